The fourth-order valence-electron chi connectivity index (χ4n) is 3.43. The second-order valence-electron chi connectivity index (χ2n) is 6.71. The van der Waals surface area contributed by atoms with Crippen molar-refractivity contribution in [2.75, 3.05) is 13.7 Å². The van der Waals surface area contributed by atoms with Gasteiger partial charge in [-0.15, -0.1) is 0 Å². The van der Waals surface area contributed by atoms with Crippen LogP contribution in [0.15, 0.2) is 41.6 Å². The minimum absolute atomic E-state index is 0.110. The maximum atomic E-state index is 12.6. The van der Waals surface area contributed by atoms with Crippen molar-refractivity contribution in [3.8, 4) is 17.3 Å². The van der Waals surface area contributed by atoms with E-state index in [9.17, 15) is 4.79 Å². The molecule has 0 amide bonds. The zero-order chi connectivity index (χ0) is 18.8. The third-order valence-corrected chi connectivity index (χ3v) is 4.78. The van der Waals surface area contributed by atoms with E-state index in [1.165, 1.54) is 5.56 Å². The summed E-state index contributed by atoms with van der Waals surface area (Å²) in [5.41, 5.74) is 4.34. The molecule has 2 aromatic heterocycles. The highest BCUT2D eigenvalue weighted by Gasteiger charge is 2.22. The van der Waals surface area contributed by atoms with Gasteiger partial charge in [0.25, 0.3) is 5.56 Å². The van der Waals surface area contributed by atoms with Crippen LogP contribution in [0.4, 0.5) is 0 Å². The molecule has 1 N–H and O–H groups in total. The van der Waals surface area contributed by atoms with Crippen LogP contribution in [0.25, 0.3) is 11.5 Å². The smallest absolute Gasteiger partial charge is 0.255 e. The van der Waals surface area contributed by atoms with Crippen LogP contribution in [0, 0.1) is 6.92 Å². The number of benzene rings is 1. The standard InChI is InChI=1S/C20H21N5O2/c1-13-3-4-18(27-2)14(9-13)11-25-8-5-16-15(12-25)20(26)24-19(23-16)17-10-21-6-7-22-17/h3-4,6-7,9-10H,5,8,11-12H2,1-2H3,(H,23,24,26). The number of nitrogens with zero attached hydrogens (tertiary/aromatic N) is 4. The number of aromatic nitrogens is 4. The first-order valence-electron chi connectivity index (χ1n) is 8.88. The summed E-state index contributed by atoms with van der Waals surface area (Å²) in [6.07, 6.45) is 5.51. The Labute approximate surface area is 157 Å². The summed E-state index contributed by atoms with van der Waals surface area (Å²) in [5.74, 6) is 1.34. The Morgan fingerprint density at radius 1 is 1.30 bits per heavy atom. The second-order valence-corrected chi connectivity index (χ2v) is 6.71. The number of aromatic amines is 1. The van der Waals surface area contributed by atoms with E-state index in [0.29, 0.717) is 18.1 Å². The lowest BCUT2D eigenvalue weighted by Crippen LogP contribution is -2.35. The minimum atomic E-state index is -0.110. The van der Waals surface area contributed by atoms with Crippen LogP contribution in [0.5, 0.6) is 5.75 Å². The van der Waals surface area contributed by atoms with Gasteiger partial charge in [0.05, 0.1) is 24.6 Å². The first-order chi connectivity index (χ1) is 13.1. The average molecular weight is 363 g/mol. The van der Waals surface area contributed by atoms with E-state index in [2.05, 4.69) is 37.8 Å². The van der Waals surface area contributed by atoms with Gasteiger partial charge in [-0.05, 0) is 13.0 Å². The molecule has 0 fully saturated rings. The molecule has 7 nitrogen and oxygen atoms in total. The molecule has 0 atom stereocenters. The number of methoxy groups -OCH3 is 1. The summed E-state index contributed by atoms with van der Waals surface area (Å²) in [5, 5.41) is 0. The van der Waals surface area contributed by atoms with E-state index in [4.69, 9.17) is 4.74 Å². The lowest BCUT2D eigenvalue weighted by atomic mass is 10.0. The van der Waals surface area contributed by atoms with Crippen LogP contribution in [0.2, 0.25) is 0 Å². The van der Waals surface area contributed by atoms with E-state index in [1.807, 2.05) is 12.1 Å². The van der Waals surface area contributed by atoms with E-state index in [0.717, 1.165) is 42.1 Å². The summed E-state index contributed by atoms with van der Waals surface area (Å²) in [4.78, 5) is 30.6. The van der Waals surface area contributed by atoms with Gasteiger partial charge in [-0.1, -0.05) is 17.7 Å². The first-order valence-corrected chi connectivity index (χ1v) is 8.88. The highest BCUT2D eigenvalue weighted by Crippen LogP contribution is 2.24. The molecule has 4 rings (SSSR count). The SMILES string of the molecule is COc1ccc(C)cc1CN1CCc2nc(-c3cnccn3)[nH]c(=O)c2C1. The molecule has 1 aliphatic rings. The highest BCUT2D eigenvalue weighted by molar-refractivity contribution is 5.47. The maximum absolute atomic E-state index is 12.6. The largest absolute Gasteiger partial charge is 0.496 e. The Hall–Kier alpha value is -3.06. The van der Waals surface area contributed by atoms with E-state index >= 15 is 0 Å². The fourth-order valence-corrected chi connectivity index (χ4v) is 3.43. The zero-order valence-corrected chi connectivity index (χ0v) is 15.4. The van der Waals surface area contributed by atoms with Crippen molar-refractivity contribution in [3.63, 3.8) is 0 Å². The molecule has 0 unspecified atom stereocenters. The quantitative estimate of drug-likeness (QED) is 0.764. The van der Waals surface area contributed by atoms with Crippen LogP contribution < -0.4 is 10.3 Å². The summed E-state index contributed by atoms with van der Waals surface area (Å²) in [6, 6.07) is 6.16. The van der Waals surface area contributed by atoms with Crippen LogP contribution in [0.3, 0.4) is 0 Å². The number of hydrogen-bond acceptors (Lipinski definition) is 6. The molecule has 3 aromatic rings. The molecular formula is C20H21N5O2. The van der Waals surface area contributed by atoms with Crippen LogP contribution in [-0.4, -0.2) is 38.5 Å². The molecule has 138 valence electrons. The Morgan fingerprint density at radius 2 is 2.19 bits per heavy atom. The van der Waals surface area contributed by atoms with Gasteiger partial charge in [0.1, 0.15) is 11.4 Å². The summed E-state index contributed by atoms with van der Waals surface area (Å²) >= 11 is 0. The van der Waals surface area contributed by atoms with E-state index in [1.54, 1.807) is 25.7 Å². The number of H-pyrrole nitrogens is 1. The van der Waals surface area contributed by atoms with E-state index < -0.39 is 0 Å². The molecule has 1 aromatic carbocycles. The molecule has 7 heteroatoms. The number of nitrogens with one attached hydrogen (secondary N) is 1. The topological polar surface area (TPSA) is 84.0 Å². The van der Waals surface area contributed by atoms with Gasteiger partial charge in [-0.3, -0.25) is 14.7 Å². The number of ether oxygens (including phenoxy) is 1. The average Bonchev–Trinajstić information content (AvgIpc) is 2.69. The van der Waals surface area contributed by atoms with Crippen molar-refractivity contribution in [1.82, 2.24) is 24.8 Å². The number of fused-ring (bicyclic) bond motifs is 1. The van der Waals surface area contributed by atoms with Crippen molar-refractivity contribution in [3.05, 3.63) is 69.5 Å². The zero-order valence-electron chi connectivity index (χ0n) is 15.4. The van der Waals surface area contributed by atoms with Crippen LogP contribution in [0.1, 0.15) is 22.4 Å². The third kappa shape index (κ3) is 3.59. The summed E-state index contributed by atoms with van der Waals surface area (Å²) < 4.78 is 5.48. The van der Waals surface area contributed by atoms with Gasteiger partial charge >= 0.3 is 0 Å². The lowest BCUT2D eigenvalue weighted by Gasteiger charge is -2.28. The van der Waals surface area contributed by atoms with Crippen molar-refractivity contribution >= 4 is 0 Å². The predicted molar refractivity (Wildman–Crippen MR) is 101 cm³/mol. The second kappa shape index (κ2) is 7.28. The molecule has 0 bridgehead atoms. The van der Waals surface area contributed by atoms with E-state index in [-0.39, 0.29) is 5.56 Å². The molecule has 0 aliphatic carbocycles. The monoisotopic (exact) mass is 363 g/mol. The van der Waals surface area contributed by atoms with Crippen molar-refractivity contribution < 1.29 is 4.74 Å². The highest BCUT2D eigenvalue weighted by atomic mass is 16.5. The normalized spacial score (nSPS) is 14.0. The summed E-state index contributed by atoms with van der Waals surface area (Å²) in [7, 11) is 1.68. The molecule has 1 aliphatic heterocycles. The fraction of sp³-hybridized carbons (Fsp3) is 0.300. The molecule has 0 spiro atoms. The third-order valence-electron chi connectivity index (χ3n) is 4.78. The van der Waals surface area contributed by atoms with Gasteiger partial charge in [-0.2, -0.15) is 0 Å². The number of aryl methyl sites for hydroxylation is 1. The number of hydrogen-bond donors (Lipinski definition) is 1. The predicted octanol–water partition coefficient (Wildman–Crippen LogP) is 2.10. The molecule has 27 heavy (non-hydrogen) atoms. The summed E-state index contributed by atoms with van der Waals surface area (Å²) in [6.45, 7) is 4.20. The van der Waals surface area contributed by atoms with Crippen LogP contribution >= 0.6 is 0 Å². The maximum Gasteiger partial charge on any atom is 0.255 e. The van der Waals surface area contributed by atoms with Gasteiger partial charge < -0.3 is 9.72 Å². The molecule has 0 radical (unpaired) electrons. The van der Waals surface area contributed by atoms with Gasteiger partial charge in [0.2, 0.25) is 0 Å². The van der Waals surface area contributed by atoms with Crippen molar-refractivity contribution in [1.29, 1.82) is 0 Å². The van der Waals surface area contributed by atoms with Gasteiger partial charge in [0, 0.05) is 44.0 Å². The van der Waals surface area contributed by atoms with Crippen LogP contribution in [-0.2, 0) is 19.5 Å². The Morgan fingerprint density at radius 3 is 2.96 bits per heavy atom. The Bertz CT molecular complexity index is 1020. The van der Waals surface area contributed by atoms with Crippen molar-refractivity contribution in [2.24, 2.45) is 0 Å². The molecule has 0 saturated carbocycles. The van der Waals surface area contributed by atoms with Gasteiger partial charge in [-0.25, -0.2) is 9.97 Å². The first kappa shape index (κ1) is 17.4. The van der Waals surface area contributed by atoms with Gasteiger partial charge in [0.15, 0.2) is 5.82 Å². The molecule has 0 saturated heterocycles. The lowest BCUT2D eigenvalue weighted by molar-refractivity contribution is 0.238. The Kier molecular flexibility index (Phi) is 4.68. The minimum Gasteiger partial charge on any atom is -0.496 e. The number of rotatable bonds is 4. The Balaban J connectivity index is 1.59. The molecular weight excluding hydrogens is 342 g/mol. The van der Waals surface area contributed by atoms with Crippen molar-refractivity contribution in [2.45, 2.75) is 26.4 Å². The molecule has 3 heterocycles.